The van der Waals surface area contributed by atoms with E-state index >= 15 is 0 Å². The molecule has 2 amide bonds. The van der Waals surface area contributed by atoms with Gasteiger partial charge in [-0.1, -0.05) is 18.2 Å². The summed E-state index contributed by atoms with van der Waals surface area (Å²) in [6, 6.07) is 11.5. The summed E-state index contributed by atoms with van der Waals surface area (Å²) in [5, 5.41) is 5.00. The Balaban J connectivity index is 1.83. The number of urea groups is 1. The quantitative estimate of drug-likeness (QED) is 0.788. The summed E-state index contributed by atoms with van der Waals surface area (Å²) in [7, 11) is 0. The zero-order chi connectivity index (χ0) is 16.9. The minimum Gasteiger partial charge on any atom is -0.318 e. The van der Waals surface area contributed by atoms with Crippen molar-refractivity contribution in [3.8, 4) is 0 Å². The Morgan fingerprint density at radius 1 is 1.08 bits per heavy atom. The van der Waals surface area contributed by atoms with E-state index in [4.69, 9.17) is 0 Å². The van der Waals surface area contributed by atoms with Crippen molar-refractivity contribution in [3.63, 3.8) is 0 Å². The monoisotopic (exact) mass is 320 g/mol. The van der Waals surface area contributed by atoms with Gasteiger partial charge in [0.05, 0.1) is 5.69 Å². The zero-order valence-corrected chi connectivity index (χ0v) is 13.8. The zero-order valence-electron chi connectivity index (χ0n) is 13.8. The van der Waals surface area contributed by atoms with E-state index in [1.54, 1.807) is 29.7 Å². The van der Waals surface area contributed by atoms with Crippen molar-refractivity contribution in [1.29, 1.82) is 0 Å². The van der Waals surface area contributed by atoms with Crippen LogP contribution in [0.25, 0.3) is 10.8 Å². The van der Waals surface area contributed by atoms with Crippen LogP contribution in [-0.2, 0) is 6.54 Å². The second kappa shape index (κ2) is 7.08. The van der Waals surface area contributed by atoms with Gasteiger partial charge in [-0.15, -0.1) is 0 Å². The summed E-state index contributed by atoms with van der Waals surface area (Å²) < 4.78 is 0. The lowest BCUT2D eigenvalue weighted by molar-refractivity contribution is 0.193. The molecular formula is C19H20N4O. The first-order chi connectivity index (χ1) is 11.6. The van der Waals surface area contributed by atoms with Crippen LogP contribution in [0.3, 0.4) is 0 Å². The van der Waals surface area contributed by atoms with E-state index in [2.05, 4.69) is 15.3 Å². The number of nitrogens with zero attached hydrogens (tertiary/aromatic N) is 3. The van der Waals surface area contributed by atoms with Crippen LogP contribution in [-0.4, -0.2) is 26.9 Å². The molecule has 2 aromatic heterocycles. The molecule has 0 spiro atoms. The van der Waals surface area contributed by atoms with Gasteiger partial charge in [-0.3, -0.25) is 9.97 Å². The fraction of sp³-hybridized carbons (Fsp3) is 0.211. The van der Waals surface area contributed by atoms with Crippen molar-refractivity contribution >= 4 is 22.5 Å². The average Bonchev–Trinajstić information content (AvgIpc) is 2.60. The molecule has 0 aliphatic heterocycles. The number of amides is 2. The van der Waals surface area contributed by atoms with Gasteiger partial charge in [0.1, 0.15) is 0 Å². The Labute approximate surface area is 141 Å². The third-order valence-electron chi connectivity index (χ3n) is 3.88. The van der Waals surface area contributed by atoms with E-state index in [1.165, 1.54) is 0 Å². The van der Waals surface area contributed by atoms with Crippen LogP contribution >= 0.6 is 0 Å². The average molecular weight is 320 g/mol. The molecular weight excluding hydrogens is 300 g/mol. The normalized spacial score (nSPS) is 10.8. The third kappa shape index (κ3) is 3.51. The number of pyridine rings is 2. The number of hydrogen-bond donors (Lipinski definition) is 1. The highest BCUT2D eigenvalue weighted by Gasteiger charge is 2.18. The maximum Gasteiger partial charge on any atom is 0.322 e. The molecule has 5 heteroatoms. The first kappa shape index (κ1) is 15.9. The van der Waals surface area contributed by atoms with E-state index < -0.39 is 0 Å². The second-order valence-corrected chi connectivity index (χ2v) is 5.92. The lowest BCUT2D eigenvalue weighted by atomic mass is 10.1. The SMILES string of the molecule is CC(C)N(Cc1cccnc1)C(=O)Nc1cccc2cnccc12. The Bertz CT molecular complexity index is 828. The molecule has 2 heterocycles. The van der Waals surface area contributed by atoms with Crippen LogP contribution in [0.15, 0.2) is 61.2 Å². The molecule has 0 atom stereocenters. The number of carbonyl (C=O) groups excluding carboxylic acids is 1. The highest BCUT2D eigenvalue weighted by atomic mass is 16.2. The predicted octanol–water partition coefficient (Wildman–Crippen LogP) is 4.07. The molecule has 0 saturated heterocycles. The first-order valence-corrected chi connectivity index (χ1v) is 7.94. The number of anilines is 1. The Hall–Kier alpha value is -2.95. The van der Waals surface area contributed by atoms with Crippen LogP contribution in [0.5, 0.6) is 0 Å². The van der Waals surface area contributed by atoms with Crippen LogP contribution in [0.4, 0.5) is 10.5 Å². The minimum absolute atomic E-state index is 0.0712. The van der Waals surface area contributed by atoms with E-state index in [9.17, 15) is 4.79 Å². The smallest absolute Gasteiger partial charge is 0.318 e. The van der Waals surface area contributed by atoms with Crippen molar-refractivity contribution < 1.29 is 4.79 Å². The maximum absolute atomic E-state index is 12.8. The minimum atomic E-state index is -0.127. The third-order valence-corrected chi connectivity index (χ3v) is 3.88. The van der Waals surface area contributed by atoms with Crippen LogP contribution in [0, 0.1) is 0 Å². The van der Waals surface area contributed by atoms with Gasteiger partial charge in [0, 0.05) is 48.1 Å². The van der Waals surface area contributed by atoms with E-state index in [0.717, 1.165) is 22.0 Å². The molecule has 5 nitrogen and oxygen atoms in total. The van der Waals surface area contributed by atoms with Gasteiger partial charge in [0.15, 0.2) is 0 Å². The number of rotatable bonds is 4. The largest absolute Gasteiger partial charge is 0.322 e. The van der Waals surface area contributed by atoms with E-state index in [0.29, 0.717) is 6.54 Å². The maximum atomic E-state index is 12.8. The lowest BCUT2D eigenvalue weighted by Crippen LogP contribution is -2.39. The number of fused-ring (bicyclic) bond motifs is 1. The standard InChI is InChI=1S/C19H20N4O/c1-14(2)23(13-15-5-4-9-20-11-15)19(24)22-18-7-3-6-16-12-21-10-8-17(16)18/h3-12,14H,13H2,1-2H3,(H,22,24). The van der Waals surface area contributed by atoms with Gasteiger partial charge >= 0.3 is 6.03 Å². The number of nitrogens with one attached hydrogen (secondary N) is 1. The Kier molecular flexibility index (Phi) is 4.70. The highest BCUT2D eigenvalue weighted by molar-refractivity contribution is 6.01. The summed E-state index contributed by atoms with van der Waals surface area (Å²) in [4.78, 5) is 22.8. The summed E-state index contributed by atoms with van der Waals surface area (Å²) in [5.41, 5.74) is 1.79. The topological polar surface area (TPSA) is 58.1 Å². The Morgan fingerprint density at radius 3 is 2.67 bits per heavy atom. The number of hydrogen-bond acceptors (Lipinski definition) is 3. The molecule has 1 N–H and O–H groups in total. The van der Waals surface area contributed by atoms with Crippen LogP contribution in [0.2, 0.25) is 0 Å². The van der Waals surface area contributed by atoms with E-state index in [-0.39, 0.29) is 12.1 Å². The highest BCUT2D eigenvalue weighted by Crippen LogP contribution is 2.23. The Morgan fingerprint density at radius 2 is 1.92 bits per heavy atom. The molecule has 1 aromatic carbocycles. The molecule has 0 radical (unpaired) electrons. The van der Waals surface area contributed by atoms with Crippen molar-refractivity contribution in [2.75, 3.05) is 5.32 Å². The lowest BCUT2D eigenvalue weighted by Gasteiger charge is -2.27. The molecule has 0 aliphatic carbocycles. The molecule has 0 unspecified atom stereocenters. The van der Waals surface area contributed by atoms with Gasteiger partial charge in [-0.25, -0.2) is 4.79 Å². The van der Waals surface area contributed by atoms with Gasteiger partial charge in [0.2, 0.25) is 0 Å². The molecule has 3 aromatic rings. The van der Waals surface area contributed by atoms with Crippen LogP contribution in [0.1, 0.15) is 19.4 Å². The van der Waals surface area contributed by atoms with Gasteiger partial charge in [-0.05, 0) is 37.6 Å². The predicted molar refractivity (Wildman–Crippen MR) is 95.7 cm³/mol. The van der Waals surface area contributed by atoms with Gasteiger partial charge < -0.3 is 10.2 Å². The first-order valence-electron chi connectivity index (χ1n) is 7.94. The molecule has 3 rings (SSSR count). The number of benzene rings is 1. The summed E-state index contributed by atoms with van der Waals surface area (Å²) in [6.07, 6.45) is 7.04. The summed E-state index contributed by atoms with van der Waals surface area (Å²) in [5.74, 6) is 0. The number of carbonyl (C=O) groups is 1. The fourth-order valence-electron chi connectivity index (χ4n) is 2.60. The van der Waals surface area contributed by atoms with Crippen molar-refractivity contribution in [2.24, 2.45) is 0 Å². The van der Waals surface area contributed by atoms with Crippen molar-refractivity contribution in [1.82, 2.24) is 14.9 Å². The molecule has 0 bridgehead atoms. The van der Waals surface area contributed by atoms with Crippen LogP contribution < -0.4 is 5.32 Å². The van der Waals surface area contributed by atoms with E-state index in [1.807, 2.05) is 50.2 Å². The van der Waals surface area contributed by atoms with Crippen molar-refractivity contribution in [2.45, 2.75) is 26.4 Å². The molecule has 24 heavy (non-hydrogen) atoms. The molecule has 0 saturated carbocycles. The van der Waals surface area contributed by atoms with Gasteiger partial charge in [0.25, 0.3) is 0 Å². The summed E-state index contributed by atoms with van der Waals surface area (Å²) >= 11 is 0. The number of aromatic nitrogens is 2. The molecule has 0 fully saturated rings. The molecule has 0 aliphatic rings. The molecule has 122 valence electrons. The van der Waals surface area contributed by atoms with Crippen molar-refractivity contribution in [3.05, 3.63) is 66.7 Å². The summed E-state index contributed by atoms with van der Waals surface area (Å²) in [6.45, 7) is 4.52. The fourth-order valence-corrected chi connectivity index (χ4v) is 2.60. The second-order valence-electron chi connectivity index (χ2n) is 5.92. The van der Waals surface area contributed by atoms with Gasteiger partial charge in [-0.2, -0.15) is 0 Å².